The molecule has 0 saturated heterocycles. The van der Waals surface area contributed by atoms with E-state index >= 15 is 0 Å². The third kappa shape index (κ3) is 3.31. The maximum absolute atomic E-state index is 12.5. The zero-order valence-electron chi connectivity index (χ0n) is 14.5. The van der Waals surface area contributed by atoms with E-state index in [1.807, 2.05) is 27.8 Å². The predicted molar refractivity (Wildman–Crippen MR) is 88.7 cm³/mol. The Morgan fingerprint density at radius 3 is 2.88 bits per heavy atom. The molecule has 2 atom stereocenters. The molecular weight excluding hydrogens is 306 g/mol. The largest absolute Gasteiger partial charge is 0.369 e. The minimum atomic E-state index is -0.145. The minimum absolute atomic E-state index is 0.0503. The molecule has 1 N–H and O–H groups in total. The fraction of sp³-hybridized carbons (Fsp3) is 0.529. The molecule has 7 nitrogen and oxygen atoms in total. The zero-order chi connectivity index (χ0) is 17.3. The molecule has 1 aliphatic heterocycles. The molecule has 3 rings (SSSR count). The van der Waals surface area contributed by atoms with Crippen LogP contribution < -0.4 is 5.32 Å². The summed E-state index contributed by atoms with van der Waals surface area (Å²) >= 11 is 0. The SMILES string of the molecule is Cc1cnc(CCNC(=O)c2nn(C)c3c2C[C@@H](C)O[C@H]3C)cn1. The van der Waals surface area contributed by atoms with Gasteiger partial charge in [-0.15, -0.1) is 0 Å². The van der Waals surface area contributed by atoms with Gasteiger partial charge in [-0.05, 0) is 20.8 Å². The van der Waals surface area contributed by atoms with Crippen molar-refractivity contribution in [2.45, 2.75) is 45.8 Å². The first-order chi connectivity index (χ1) is 11.5. The summed E-state index contributed by atoms with van der Waals surface area (Å²) < 4.78 is 7.58. The summed E-state index contributed by atoms with van der Waals surface area (Å²) in [4.78, 5) is 21.0. The highest BCUT2D eigenvalue weighted by molar-refractivity contribution is 5.94. The monoisotopic (exact) mass is 329 g/mol. The van der Waals surface area contributed by atoms with E-state index in [0.29, 0.717) is 25.1 Å². The summed E-state index contributed by atoms with van der Waals surface area (Å²) in [6.07, 6.45) is 4.86. The number of rotatable bonds is 4. The summed E-state index contributed by atoms with van der Waals surface area (Å²) in [5.41, 5.74) is 4.23. The van der Waals surface area contributed by atoms with Crippen LogP contribution in [0.2, 0.25) is 0 Å². The van der Waals surface area contributed by atoms with Gasteiger partial charge in [0.15, 0.2) is 5.69 Å². The average Bonchev–Trinajstić information content (AvgIpc) is 2.86. The van der Waals surface area contributed by atoms with Crippen LogP contribution in [0.5, 0.6) is 0 Å². The Balaban J connectivity index is 1.67. The number of hydrogen-bond acceptors (Lipinski definition) is 5. The third-order valence-corrected chi connectivity index (χ3v) is 4.22. The minimum Gasteiger partial charge on any atom is -0.369 e. The normalized spacial score (nSPS) is 19.8. The van der Waals surface area contributed by atoms with E-state index in [9.17, 15) is 4.79 Å². The fourth-order valence-corrected chi connectivity index (χ4v) is 3.16. The van der Waals surface area contributed by atoms with E-state index < -0.39 is 0 Å². The molecular formula is C17H23N5O2. The second-order valence-corrected chi connectivity index (χ2v) is 6.28. The van der Waals surface area contributed by atoms with Crippen molar-refractivity contribution in [3.63, 3.8) is 0 Å². The number of ether oxygens (including phenoxy) is 1. The van der Waals surface area contributed by atoms with Crippen LogP contribution in [0.1, 0.15) is 53.1 Å². The van der Waals surface area contributed by atoms with Crippen LogP contribution in [0, 0.1) is 6.92 Å². The number of nitrogens with zero attached hydrogens (tertiary/aromatic N) is 4. The van der Waals surface area contributed by atoms with Crippen LogP contribution in [0.25, 0.3) is 0 Å². The van der Waals surface area contributed by atoms with Crippen molar-refractivity contribution >= 4 is 5.91 Å². The average molecular weight is 329 g/mol. The van der Waals surface area contributed by atoms with Gasteiger partial charge in [0, 0.05) is 44.4 Å². The van der Waals surface area contributed by atoms with Crippen LogP contribution >= 0.6 is 0 Å². The number of carbonyl (C=O) groups excluding carboxylic acids is 1. The summed E-state index contributed by atoms with van der Waals surface area (Å²) in [5.74, 6) is -0.145. The highest BCUT2D eigenvalue weighted by Crippen LogP contribution is 2.31. The number of hydrogen-bond donors (Lipinski definition) is 1. The second-order valence-electron chi connectivity index (χ2n) is 6.28. The number of amides is 1. The quantitative estimate of drug-likeness (QED) is 0.919. The van der Waals surface area contributed by atoms with Crippen molar-refractivity contribution in [3.05, 3.63) is 40.7 Å². The van der Waals surface area contributed by atoms with Crippen LogP contribution in [-0.4, -0.2) is 38.3 Å². The van der Waals surface area contributed by atoms with Crippen LogP contribution in [0.3, 0.4) is 0 Å². The number of carbonyl (C=O) groups is 1. The Morgan fingerprint density at radius 2 is 2.17 bits per heavy atom. The van der Waals surface area contributed by atoms with Crippen molar-refractivity contribution in [1.29, 1.82) is 0 Å². The first kappa shape index (κ1) is 16.6. The van der Waals surface area contributed by atoms with Gasteiger partial charge in [0.05, 0.1) is 29.3 Å². The third-order valence-electron chi connectivity index (χ3n) is 4.22. The lowest BCUT2D eigenvalue weighted by Gasteiger charge is -2.26. The molecule has 0 saturated carbocycles. The second kappa shape index (κ2) is 6.68. The van der Waals surface area contributed by atoms with Gasteiger partial charge in [-0.3, -0.25) is 19.4 Å². The summed E-state index contributed by atoms with van der Waals surface area (Å²) in [7, 11) is 1.85. The highest BCUT2D eigenvalue weighted by atomic mass is 16.5. The number of aromatic nitrogens is 4. The maximum Gasteiger partial charge on any atom is 0.272 e. The molecule has 2 aromatic rings. The predicted octanol–water partition coefficient (Wildman–Crippen LogP) is 1.51. The first-order valence-electron chi connectivity index (χ1n) is 8.22. The molecule has 0 fully saturated rings. The van der Waals surface area contributed by atoms with Crippen LogP contribution in [-0.2, 0) is 24.6 Å². The molecule has 0 aliphatic carbocycles. The molecule has 24 heavy (non-hydrogen) atoms. The Kier molecular flexibility index (Phi) is 4.62. The molecule has 3 heterocycles. The van der Waals surface area contributed by atoms with E-state index in [0.717, 1.165) is 22.6 Å². The first-order valence-corrected chi connectivity index (χ1v) is 8.22. The van der Waals surface area contributed by atoms with Gasteiger partial charge in [0.2, 0.25) is 0 Å². The van der Waals surface area contributed by atoms with Crippen LogP contribution in [0.4, 0.5) is 0 Å². The van der Waals surface area contributed by atoms with Crippen molar-refractivity contribution in [1.82, 2.24) is 25.1 Å². The Bertz CT molecular complexity index is 738. The van der Waals surface area contributed by atoms with E-state index in [2.05, 4.69) is 20.4 Å². The molecule has 1 aliphatic rings. The molecule has 7 heteroatoms. The topological polar surface area (TPSA) is 81.9 Å². The molecule has 0 aromatic carbocycles. The van der Waals surface area contributed by atoms with Gasteiger partial charge in [-0.1, -0.05) is 0 Å². The van der Waals surface area contributed by atoms with Crippen LogP contribution in [0.15, 0.2) is 12.4 Å². The standard InChI is InChI=1S/C17H23N5O2/c1-10-8-20-13(9-19-10)5-6-18-17(23)15-14-7-11(2)24-12(3)16(14)22(4)21-15/h8-9,11-12H,5-7H2,1-4H3,(H,18,23)/t11-,12+/m1/s1. The van der Waals surface area contributed by atoms with Crippen molar-refractivity contribution in [2.24, 2.45) is 7.05 Å². The van der Waals surface area contributed by atoms with Gasteiger partial charge >= 0.3 is 0 Å². The maximum atomic E-state index is 12.5. The Labute approximate surface area is 141 Å². The number of fused-ring (bicyclic) bond motifs is 1. The Hall–Kier alpha value is -2.28. The zero-order valence-corrected chi connectivity index (χ0v) is 14.5. The van der Waals surface area contributed by atoms with E-state index in [1.165, 1.54) is 0 Å². The van der Waals surface area contributed by atoms with E-state index in [4.69, 9.17) is 4.74 Å². The highest BCUT2D eigenvalue weighted by Gasteiger charge is 2.31. The van der Waals surface area contributed by atoms with Crippen molar-refractivity contribution < 1.29 is 9.53 Å². The van der Waals surface area contributed by atoms with Crippen molar-refractivity contribution in [2.75, 3.05) is 6.54 Å². The summed E-state index contributed by atoms with van der Waals surface area (Å²) in [5, 5.41) is 7.34. The van der Waals surface area contributed by atoms with Gasteiger partial charge in [-0.2, -0.15) is 5.10 Å². The molecule has 0 bridgehead atoms. The van der Waals surface area contributed by atoms with Gasteiger partial charge in [0.25, 0.3) is 5.91 Å². The fourth-order valence-electron chi connectivity index (χ4n) is 3.16. The van der Waals surface area contributed by atoms with Gasteiger partial charge in [-0.25, -0.2) is 0 Å². The lowest BCUT2D eigenvalue weighted by atomic mass is 9.99. The number of nitrogens with one attached hydrogen (secondary N) is 1. The van der Waals surface area contributed by atoms with E-state index in [1.54, 1.807) is 17.1 Å². The number of aryl methyl sites for hydroxylation is 2. The van der Waals surface area contributed by atoms with Gasteiger partial charge in [0.1, 0.15) is 0 Å². The summed E-state index contributed by atoms with van der Waals surface area (Å²) in [6, 6.07) is 0. The van der Waals surface area contributed by atoms with Gasteiger partial charge < -0.3 is 10.1 Å². The van der Waals surface area contributed by atoms with E-state index in [-0.39, 0.29) is 18.1 Å². The molecule has 2 aromatic heterocycles. The molecule has 0 radical (unpaired) electrons. The smallest absolute Gasteiger partial charge is 0.272 e. The van der Waals surface area contributed by atoms with Crippen molar-refractivity contribution in [3.8, 4) is 0 Å². The lowest BCUT2D eigenvalue weighted by molar-refractivity contribution is -0.00902. The lowest BCUT2D eigenvalue weighted by Crippen LogP contribution is -2.29. The summed E-state index contributed by atoms with van der Waals surface area (Å²) in [6.45, 7) is 6.41. The molecule has 0 unspecified atom stereocenters. The Morgan fingerprint density at radius 1 is 1.38 bits per heavy atom. The molecule has 0 spiro atoms. The molecule has 1 amide bonds. The molecule has 128 valence electrons.